The third-order valence-corrected chi connectivity index (χ3v) is 5.63. The summed E-state index contributed by atoms with van der Waals surface area (Å²) in [5, 5.41) is 2.74. The summed E-state index contributed by atoms with van der Waals surface area (Å²) >= 11 is 1.71. The zero-order chi connectivity index (χ0) is 23.6. The van der Waals surface area contributed by atoms with Gasteiger partial charge in [0.1, 0.15) is 5.75 Å². The minimum Gasteiger partial charge on any atom is -0.493 e. The maximum Gasteiger partial charge on any atom is 0.340 e. The van der Waals surface area contributed by atoms with Crippen LogP contribution in [-0.2, 0) is 4.74 Å². The lowest BCUT2D eigenvalue weighted by atomic mass is 10.1. The van der Waals surface area contributed by atoms with Crippen LogP contribution in [-0.4, -0.2) is 45.6 Å². The van der Waals surface area contributed by atoms with Crippen LogP contribution in [0.1, 0.15) is 20.7 Å². The van der Waals surface area contributed by atoms with Gasteiger partial charge in [0.15, 0.2) is 11.5 Å². The molecular weight excluding hydrogens is 442 g/mol. The number of benzene rings is 3. The second kappa shape index (κ2) is 11.8. The van der Waals surface area contributed by atoms with Crippen molar-refractivity contribution in [3.8, 4) is 17.2 Å². The molecule has 0 heterocycles. The number of methoxy groups -OCH3 is 3. The zero-order valence-electron chi connectivity index (χ0n) is 18.6. The molecule has 33 heavy (non-hydrogen) atoms. The predicted octanol–water partition coefficient (Wildman–Crippen LogP) is 4.91. The number of carbonyl (C=O) groups excluding carboxylic acids is 2. The van der Waals surface area contributed by atoms with Gasteiger partial charge in [-0.3, -0.25) is 4.79 Å². The van der Waals surface area contributed by atoms with Gasteiger partial charge in [0.05, 0.1) is 39.2 Å². The molecule has 8 heteroatoms. The minimum atomic E-state index is -0.608. The van der Waals surface area contributed by atoms with Crippen molar-refractivity contribution in [3.63, 3.8) is 0 Å². The first-order valence-electron chi connectivity index (χ1n) is 10.1. The van der Waals surface area contributed by atoms with Gasteiger partial charge in [0, 0.05) is 28.3 Å². The molecule has 3 aromatic carbocycles. The molecule has 0 atom stereocenters. The lowest BCUT2D eigenvalue weighted by Crippen LogP contribution is -2.16. The summed E-state index contributed by atoms with van der Waals surface area (Å²) in [6, 6.07) is 19.9. The molecule has 1 N–H and O–H groups in total. The largest absolute Gasteiger partial charge is 0.493 e. The lowest BCUT2D eigenvalue weighted by Gasteiger charge is -2.15. The fraction of sp³-hybridized carbons (Fsp3) is 0.200. The molecule has 3 rings (SSSR count). The van der Waals surface area contributed by atoms with E-state index in [0.717, 1.165) is 5.75 Å². The van der Waals surface area contributed by atoms with Crippen molar-refractivity contribution < 1.29 is 28.5 Å². The molecule has 1 amide bonds. The van der Waals surface area contributed by atoms with Crippen molar-refractivity contribution in [1.29, 1.82) is 0 Å². The lowest BCUT2D eigenvalue weighted by molar-refractivity contribution is 0.0601. The third-order valence-electron chi connectivity index (χ3n) is 4.66. The van der Waals surface area contributed by atoms with Gasteiger partial charge in [0.25, 0.3) is 5.91 Å². The predicted molar refractivity (Wildman–Crippen MR) is 128 cm³/mol. The second-order valence-electron chi connectivity index (χ2n) is 6.73. The van der Waals surface area contributed by atoms with E-state index >= 15 is 0 Å². The van der Waals surface area contributed by atoms with Gasteiger partial charge in [-0.05, 0) is 36.4 Å². The van der Waals surface area contributed by atoms with E-state index in [2.05, 4.69) is 17.4 Å². The number of ether oxygens (including phenoxy) is 4. The fourth-order valence-electron chi connectivity index (χ4n) is 2.99. The number of hydrogen-bond donors (Lipinski definition) is 1. The number of amides is 1. The van der Waals surface area contributed by atoms with Gasteiger partial charge in [-0.15, -0.1) is 11.8 Å². The van der Waals surface area contributed by atoms with Crippen LogP contribution < -0.4 is 19.5 Å². The van der Waals surface area contributed by atoms with Crippen molar-refractivity contribution in [2.45, 2.75) is 4.90 Å². The summed E-state index contributed by atoms with van der Waals surface area (Å²) < 4.78 is 21.1. The third kappa shape index (κ3) is 6.43. The van der Waals surface area contributed by atoms with Crippen LogP contribution in [0.25, 0.3) is 0 Å². The Morgan fingerprint density at radius 1 is 0.879 bits per heavy atom. The van der Waals surface area contributed by atoms with Crippen LogP contribution in [0.5, 0.6) is 17.2 Å². The maximum absolute atomic E-state index is 12.8. The Labute approximate surface area is 197 Å². The van der Waals surface area contributed by atoms with Crippen molar-refractivity contribution in [2.24, 2.45) is 0 Å². The van der Waals surface area contributed by atoms with E-state index in [1.165, 1.54) is 38.4 Å². The highest BCUT2D eigenvalue weighted by atomic mass is 32.2. The summed E-state index contributed by atoms with van der Waals surface area (Å²) in [7, 11) is 4.20. The van der Waals surface area contributed by atoms with E-state index in [-0.39, 0.29) is 11.3 Å². The molecule has 0 bridgehead atoms. The van der Waals surface area contributed by atoms with Gasteiger partial charge in [-0.25, -0.2) is 4.79 Å². The highest BCUT2D eigenvalue weighted by Gasteiger charge is 2.19. The monoisotopic (exact) mass is 467 g/mol. The SMILES string of the molecule is COC(=O)c1cc(OC)c(OC)cc1NC(=O)c1ccc(OCCSc2ccccc2)cc1. The highest BCUT2D eigenvalue weighted by Crippen LogP contribution is 2.34. The van der Waals surface area contributed by atoms with Crippen LogP contribution in [0.3, 0.4) is 0 Å². The van der Waals surface area contributed by atoms with Crippen LogP contribution in [0, 0.1) is 0 Å². The molecule has 0 unspecified atom stereocenters. The Bertz CT molecular complexity index is 1090. The molecule has 0 fully saturated rings. The molecule has 0 saturated carbocycles. The number of thioether (sulfide) groups is 1. The molecular formula is C25H25NO6S. The van der Waals surface area contributed by atoms with Crippen molar-refractivity contribution >= 4 is 29.3 Å². The Balaban J connectivity index is 1.63. The smallest absolute Gasteiger partial charge is 0.340 e. The number of carbonyl (C=O) groups is 2. The average Bonchev–Trinajstić information content (AvgIpc) is 2.86. The maximum atomic E-state index is 12.8. The Kier molecular flexibility index (Phi) is 8.60. The molecule has 7 nitrogen and oxygen atoms in total. The topological polar surface area (TPSA) is 83.1 Å². The minimum absolute atomic E-state index is 0.152. The zero-order valence-corrected chi connectivity index (χ0v) is 19.4. The molecule has 0 aliphatic carbocycles. The first-order chi connectivity index (χ1) is 16.0. The van der Waals surface area contributed by atoms with E-state index < -0.39 is 11.9 Å². The number of hydrogen-bond acceptors (Lipinski definition) is 7. The van der Waals surface area contributed by atoms with Gasteiger partial charge >= 0.3 is 5.97 Å². The summed E-state index contributed by atoms with van der Waals surface area (Å²) in [4.78, 5) is 26.2. The van der Waals surface area contributed by atoms with Crippen LogP contribution in [0.4, 0.5) is 5.69 Å². The van der Waals surface area contributed by atoms with Crippen molar-refractivity contribution in [1.82, 2.24) is 0 Å². The Morgan fingerprint density at radius 2 is 1.55 bits per heavy atom. The molecule has 0 saturated heterocycles. The van der Waals surface area contributed by atoms with E-state index in [9.17, 15) is 9.59 Å². The second-order valence-corrected chi connectivity index (χ2v) is 7.90. The van der Waals surface area contributed by atoms with E-state index in [0.29, 0.717) is 29.4 Å². The number of esters is 1. The van der Waals surface area contributed by atoms with E-state index in [4.69, 9.17) is 18.9 Å². The summed E-state index contributed by atoms with van der Waals surface area (Å²) in [6.45, 7) is 0.541. The number of nitrogens with one attached hydrogen (secondary N) is 1. The summed E-state index contributed by atoms with van der Waals surface area (Å²) in [6.07, 6.45) is 0. The first kappa shape index (κ1) is 24.0. The molecule has 0 spiro atoms. The average molecular weight is 468 g/mol. The standard InChI is InChI=1S/C25H25NO6S/c1-29-22-15-20(25(28)31-3)21(16-23(22)30-2)26-24(27)17-9-11-18(12-10-17)32-13-14-33-19-7-5-4-6-8-19/h4-12,15-16H,13-14H2,1-3H3,(H,26,27). The van der Waals surface area contributed by atoms with Gasteiger partial charge in [0.2, 0.25) is 0 Å². The quantitative estimate of drug-likeness (QED) is 0.258. The van der Waals surface area contributed by atoms with Gasteiger partial charge in [-0.2, -0.15) is 0 Å². The Morgan fingerprint density at radius 3 is 2.18 bits per heavy atom. The number of anilines is 1. The molecule has 172 valence electrons. The summed E-state index contributed by atoms with van der Waals surface area (Å²) in [5.74, 6) is 1.20. The number of rotatable bonds is 10. The van der Waals surface area contributed by atoms with Gasteiger partial charge in [-0.1, -0.05) is 18.2 Å². The summed E-state index contributed by atoms with van der Waals surface area (Å²) in [5.41, 5.74) is 0.814. The molecule has 0 aliphatic rings. The highest BCUT2D eigenvalue weighted by molar-refractivity contribution is 7.99. The van der Waals surface area contributed by atoms with E-state index in [1.807, 2.05) is 18.2 Å². The normalized spacial score (nSPS) is 10.3. The molecule has 3 aromatic rings. The molecule has 0 aliphatic heterocycles. The van der Waals surface area contributed by atoms with Crippen LogP contribution >= 0.6 is 11.8 Å². The molecule has 0 radical (unpaired) electrons. The fourth-order valence-corrected chi connectivity index (χ4v) is 3.75. The van der Waals surface area contributed by atoms with Crippen LogP contribution in [0.2, 0.25) is 0 Å². The van der Waals surface area contributed by atoms with E-state index in [1.54, 1.807) is 36.0 Å². The molecule has 0 aromatic heterocycles. The van der Waals surface area contributed by atoms with Crippen molar-refractivity contribution in [3.05, 3.63) is 77.9 Å². The first-order valence-corrected chi connectivity index (χ1v) is 11.1. The van der Waals surface area contributed by atoms with Crippen molar-refractivity contribution in [2.75, 3.05) is 39.0 Å². The van der Waals surface area contributed by atoms with Gasteiger partial charge < -0.3 is 24.3 Å². The Hall–Kier alpha value is -3.65. The van der Waals surface area contributed by atoms with Crippen LogP contribution in [0.15, 0.2) is 71.6 Å².